The van der Waals surface area contributed by atoms with Gasteiger partial charge in [0.1, 0.15) is 9.92 Å². The standard InChI is InChI=1S/C20H23N3O2S/c24-20(23-26(25)18-10-2-1-5-15(18)12-21-26)22-19-16-8-3-6-13(16)11-14-7-4-9-17(14)19/h1-2,5,10-11,16,19H,3-4,6-9,12H2,(H2,21,22,23,24,25). The first-order chi connectivity index (χ1) is 12.6. The van der Waals surface area contributed by atoms with Gasteiger partial charge >= 0.3 is 6.03 Å². The predicted octanol–water partition coefficient (Wildman–Crippen LogP) is 3.83. The number of allylic oxidation sites excluding steroid dienone is 2. The number of fused-ring (bicyclic) bond motifs is 2. The first kappa shape index (κ1) is 16.3. The van der Waals surface area contributed by atoms with E-state index in [0.29, 0.717) is 17.4 Å². The number of urea groups is 1. The Balaban J connectivity index is 1.44. The van der Waals surface area contributed by atoms with Crippen molar-refractivity contribution in [3.05, 3.63) is 52.6 Å². The smallest absolute Gasteiger partial charge is 0.329 e. The van der Waals surface area contributed by atoms with Crippen molar-refractivity contribution in [2.24, 2.45) is 10.3 Å². The van der Waals surface area contributed by atoms with Gasteiger partial charge < -0.3 is 5.32 Å². The summed E-state index contributed by atoms with van der Waals surface area (Å²) in [5.41, 5.74) is 5.22. The van der Waals surface area contributed by atoms with Crippen LogP contribution in [0, 0.1) is 5.92 Å². The molecule has 3 unspecified atom stereocenters. The van der Waals surface area contributed by atoms with Gasteiger partial charge in [-0.1, -0.05) is 29.8 Å². The fourth-order valence-electron chi connectivity index (χ4n) is 4.95. The molecule has 1 aromatic carbocycles. The highest BCUT2D eigenvalue weighted by atomic mass is 32.2. The van der Waals surface area contributed by atoms with Gasteiger partial charge in [-0.2, -0.15) is 0 Å². The van der Waals surface area contributed by atoms with E-state index in [1.165, 1.54) is 23.1 Å². The van der Waals surface area contributed by atoms with Gasteiger partial charge in [0, 0.05) is 12.5 Å². The third kappa shape index (κ3) is 2.55. The summed E-state index contributed by atoms with van der Waals surface area (Å²) in [5.74, 6) is 0.396. The monoisotopic (exact) mass is 369 g/mol. The second kappa shape index (κ2) is 6.06. The van der Waals surface area contributed by atoms with Crippen LogP contribution in [0.5, 0.6) is 0 Å². The van der Waals surface area contributed by atoms with Crippen LogP contribution in [0.1, 0.15) is 44.1 Å². The molecule has 0 aromatic heterocycles. The van der Waals surface area contributed by atoms with Gasteiger partial charge in [-0.15, -0.1) is 4.36 Å². The minimum absolute atomic E-state index is 0.0332. The SMILES string of the molecule is O=C(N=S1(=O)NCc2ccccc21)NC1C2=C(C=C3CCCC31)CCC2. The number of carbonyl (C=O) groups excluding carboxylic acids is 1. The largest absolute Gasteiger partial charge is 0.350 e. The van der Waals surface area contributed by atoms with Crippen LogP contribution in [-0.2, 0) is 16.5 Å². The molecule has 2 N–H and O–H groups in total. The van der Waals surface area contributed by atoms with Gasteiger partial charge in [-0.25, -0.2) is 13.7 Å². The maximum atomic E-state index is 13.2. The molecule has 136 valence electrons. The Hall–Kier alpha value is -1.92. The zero-order valence-electron chi connectivity index (χ0n) is 14.7. The van der Waals surface area contributed by atoms with E-state index in [0.717, 1.165) is 37.7 Å². The van der Waals surface area contributed by atoms with Gasteiger partial charge in [0.25, 0.3) is 0 Å². The molecule has 3 aliphatic carbocycles. The summed E-state index contributed by atoms with van der Waals surface area (Å²) in [6.45, 7) is 0.486. The maximum Gasteiger partial charge on any atom is 0.350 e. The fourth-order valence-corrected chi connectivity index (χ4v) is 6.67. The number of nitrogens with zero attached hydrogens (tertiary/aromatic N) is 1. The highest BCUT2D eigenvalue weighted by Gasteiger charge is 2.38. The lowest BCUT2D eigenvalue weighted by Gasteiger charge is -2.31. The van der Waals surface area contributed by atoms with Crippen LogP contribution in [0.3, 0.4) is 0 Å². The van der Waals surface area contributed by atoms with Crippen molar-refractivity contribution >= 4 is 15.9 Å². The van der Waals surface area contributed by atoms with Crippen LogP contribution in [-0.4, -0.2) is 16.3 Å². The van der Waals surface area contributed by atoms with Gasteiger partial charge in [-0.3, -0.25) is 0 Å². The Morgan fingerprint density at radius 1 is 1.19 bits per heavy atom. The summed E-state index contributed by atoms with van der Waals surface area (Å²) in [6.07, 6.45) is 9.15. The number of carbonyl (C=O) groups is 1. The van der Waals surface area contributed by atoms with E-state index in [1.54, 1.807) is 6.07 Å². The third-order valence-corrected chi connectivity index (χ3v) is 8.07. The van der Waals surface area contributed by atoms with E-state index >= 15 is 0 Å². The van der Waals surface area contributed by atoms with Crippen molar-refractivity contribution in [1.29, 1.82) is 0 Å². The molecule has 0 bridgehead atoms. The zero-order valence-corrected chi connectivity index (χ0v) is 15.5. The zero-order chi connectivity index (χ0) is 17.7. The Bertz CT molecular complexity index is 969. The first-order valence-electron chi connectivity index (χ1n) is 9.47. The molecule has 1 fully saturated rings. The summed E-state index contributed by atoms with van der Waals surface area (Å²) in [6, 6.07) is 7.04. The summed E-state index contributed by atoms with van der Waals surface area (Å²) in [4.78, 5) is 13.4. The van der Waals surface area contributed by atoms with Crippen molar-refractivity contribution < 1.29 is 9.00 Å². The predicted molar refractivity (Wildman–Crippen MR) is 101 cm³/mol. The molecule has 0 spiro atoms. The Labute approximate surface area is 154 Å². The van der Waals surface area contributed by atoms with Crippen LogP contribution in [0.2, 0.25) is 0 Å². The minimum Gasteiger partial charge on any atom is -0.329 e. The van der Waals surface area contributed by atoms with Crippen LogP contribution < -0.4 is 10.0 Å². The Kier molecular flexibility index (Phi) is 3.79. The van der Waals surface area contributed by atoms with Gasteiger partial charge in [0.05, 0.1) is 10.9 Å². The summed E-state index contributed by atoms with van der Waals surface area (Å²) < 4.78 is 20.2. The molecule has 5 rings (SSSR count). The number of amides is 2. The van der Waals surface area contributed by atoms with Crippen molar-refractivity contribution in [2.45, 2.75) is 56.0 Å². The third-order valence-electron chi connectivity index (χ3n) is 6.12. The molecule has 1 saturated carbocycles. The van der Waals surface area contributed by atoms with Crippen LogP contribution >= 0.6 is 0 Å². The summed E-state index contributed by atoms with van der Waals surface area (Å²) >= 11 is 0. The second-order valence-electron chi connectivity index (χ2n) is 7.60. The summed E-state index contributed by atoms with van der Waals surface area (Å²) in [5, 5.41) is 3.12. The molecule has 1 heterocycles. The normalized spacial score (nSPS) is 31.9. The molecular formula is C20H23N3O2S. The van der Waals surface area contributed by atoms with E-state index in [9.17, 15) is 9.00 Å². The van der Waals surface area contributed by atoms with E-state index in [2.05, 4.69) is 20.5 Å². The lowest BCUT2D eigenvalue weighted by molar-refractivity contribution is 0.244. The number of benzene rings is 1. The molecule has 0 saturated heterocycles. The van der Waals surface area contributed by atoms with Crippen molar-refractivity contribution in [2.75, 3.05) is 0 Å². The first-order valence-corrected chi connectivity index (χ1v) is 11.0. The quantitative estimate of drug-likeness (QED) is 0.790. The second-order valence-corrected chi connectivity index (χ2v) is 9.56. The van der Waals surface area contributed by atoms with Crippen molar-refractivity contribution in [1.82, 2.24) is 10.0 Å². The lowest BCUT2D eigenvalue weighted by atomic mass is 9.82. The molecule has 1 aromatic rings. The van der Waals surface area contributed by atoms with Gasteiger partial charge in [-0.05, 0) is 61.3 Å². The van der Waals surface area contributed by atoms with E-state index in [-0.39, 0.29) is 6.04 Å². The molecular weight excluding hydrogens is 346 g/mol. The fraction of sp³-hybridized carbons (Fsp3) is 0.450. The average Bonchev–Trinajstić information content (AvgIpc) is 3.34. The Morgan fingerprint density at radius 2 is 2.08 bits per heavy atom. The van der Waals surface area contributed by atoms with Gasteiger partial charge in [0.15, 0.2) is 0 Å². The maximum absolute atomic E-state index is 13.2. The molecule has 3 atom stereocenters. The molecule has 1 aliphatic heterocycles. The lowest BCUT2D eigenvalue weighted by Crippen LogP contribution is -2.42. The molecule has 6 heteroatoms. The highest BCUT2D eigenvalue weighted by Crippen LogP contribution is 2.45. The number of rotatable bonds is 1. The van der Waals surface area contributed by atoms with E-state index < -0.39 is 15.9 Å². The van der Waals surface area contributed by atoms with Crippen molar-refractivity contribution in [3.63, 3.8) is 0 Å². The average molecular weight is 369 g/mol. The molecule has 2 amide bonds. The minimum atomic E-state index is -2.87. The molecule has 26 heavy (non-hydrogen) atoms. The molecule has 5 nitrogen and oxygen atoms in total. The number of hydrogen-bond donors (Lipinski definition) is 2. The van der Waals surface area contributed by atoms with Crippen LogP contribution in [0.25, 0.3) is 0 Å². The van der Waals surface area contributed by atoms with Crippen molar-refractivity contribution in [3.8, 4) is 0 Å². The van der Waals surface area contributed by atoms with Gasteiger partial charge in [0.2, 0.25) is 0 Å². The van der Waals surface area contributed by atoms with E-state index in [1.807, 2.05) is 18.2 Å². The highest BCUT2D eigenvalue weighted by molar-refractivity contribution is 7.92. The van der Waals surface area contributed by atoms with Crippen LogP contribution in [0.4, 0.5) is 4.79 Å². The van der Waals surface area contributed by atoms with Crippen LogP contribution in [0.15, 0.2) is 56.3 Å². The molecule has 0 radical (unpaired) electrons. The van der Waals surface area contributed by atoms with E-state index in [4.69, 9.17) is 0 Å². The Morgan fingerprint density at radius 3 is 3.00 bits per heavy atom. The molecule has 4 aliphatic rings. The topological polar surface area (TPSA) is 70.6 Å². The summed E-state index contributed by atoms with van der Waals surface area (Å²) in [7, 11) is -2.87. The number of hydrogen-bond acceptors (Lipinski definition) is 2. The number of nitrogens with one attached hydrogen (secondary N) is 2.